The average molecular weight is 194 g/mol. The summed E-state index contributed by atoms with van der Waals surface area (Å²) >= 11 is 0. The van der Waals surface area contributed by atoms with Crippen LogP contribution in [0.1, 0.15) is 18.6 Å². The van der Waals surface area contributed by atoms with Crippen LogP contribution in [0.25, 0.3) is 0 Å². The predicted octanol–water partition coefficient (Wildman–Crippen LogP) is 1.52. The monoisotopic (exact) mass is 194 g/mol. The first-order valence-corrected chi connectivity index (χ1v) is 4.78. The van der Waals surface area contributed by atoms with E-state index in [0.717, 1.165) is 17.9 Å². The number of rotatable bonds is 4. The van der Waals surface area contributed by atoms with Crippen LogP contribution < -0.4 is 4.74 Å². The van der Waals surface area contributed by atoms with Crippen molar-refractivity contribution in [1.82, 2.24) is 0 Å². The van der Waals surface area contributed by atoms with E-state index < -0.39 is 6.10 Å². The standard InChI is InChI=1S/C11H14O3/c1-8(12)9-3-2-4-10(5-9)13-6-11-7-14-11/h2-5,8,11-12H,6-7H2,1H3/t8-,11+/m1/s1. The molecule has 14 heavy (non-hydrogen) atoms. The number of epoxide rings is 1. The largest absolute Gasteiger partial charge is 0.491 e. The van der Waals surface area contributed by atoms with Gasteiger partial charge in [-0.15, -0.1) is 0 Å². The summed E-state index contributed by atoms with van der Waals surface area (Å²) in [6.07, 6.45) is -0.180. The van der Waals surface area contributed by atoms with E-state index in [9.17, 15) is 5.11 Å². The molecule has 1 heterocycles. The molecule has 1 saturated heterocycles. The maximum atomic E-state index is 9.36. The molecule has 0 aromatic heterocycles. The molecule has 3 nitrogen and oxygen atoms in total. The van der Waals surface area contributed by atoms with Crippen LogP contribution in [0.2, 0.25) is 0 Å². The Kier molecular flexibility index (Phi) is 2.70. The third-order valence-corrected chi connectivity index (χ3v) is 2.18. The second-order valence-electron chi connectivity index (χ2n) is 3.51. The molecule has 3 heteroatoms. The van der Waals surface area contributed by atoms with Crippen molar-refractivity contribution in [3.63, 3.8) is 0 Å². The van der Waals surface area contributed by atoms with E-state index in [1.165, 1.54) is 0 Å². The fraction of sp³-hybridized carbons (Fsp3) is 0.455. The molecule has 0 amide bonds. The number of hydrogen-bond donors (Lipinski definition) is 1. The summed E-state index contributed by atoms with van der Waals surface area (Å²) in [4.78, 5) is 0. The van der Waals surface area contributed by atoms with E-state index in [4.69, 9.17) is 9.47 Å². The van der Waals surface area contributed by atoms with E-state index in [-0.39, 0.29) is 6.10 Å². The maximum Gasteiger partial charge on any atom is 0.119 e. The van der Waals surface area contributed by atoms with Gasteiger partial charge in [0.25, 0.3) is 0 Å². The minimum absolute atomic E-state index is 0.269. The Morgan fingerprint density at radius 1 is 1.64 bits per heavy atom. The Labute approximate surface area is 83.3 Å². The van der Waals surface area contributed by atoms with Crippen molar-refractivity contribution in [1.29, 1.82) is 0 Å². The highest BCUT2D eigenvalue weighted by Crippen LogP contribution is 2.20. The van der Waals surface area contributed by atoms with Crippen LogP contribution in [0.5, 0.6) is 5.75 Å². The Hall–Kier alpha value is -1.06. The minimum Gasteiger partial charge on any atom is -0.491 e. The fourth-order valence-corrected chi connectivity index (χ4v) is 1.22. The minimum atomic E-state index is -0.448. The Bertz CT molecular complexity index is 305. The van der Waals surface area contributed by atoms with Crippen molar-refractivity contribution in [2.24, 2.45) is 0 Å². The van der Waals surface area contributed by atoms with Crippen molar-refractivity contribution in [3.8, 4) is 5.75 Å². The lowest BCUT2D eigenvalue weighted by Crippen LogP contribution is -2.04. The van der Waals surface area contributed by atoms with Crippen LogP contribution in [0.15, 0.2) is 24.3 Å². The fourth-order valence-electron chi connectivity index (χ4n) is 1.22. The summed E-state index contributed by atoms with van der Waals surface area (Å²) in [6.45, 7) is 3.14. The van der Waals surface area contributed by atoms with Crippen molar-refractivity contribution in [2.75, 3.05) is 13.2 Å². The van der Waals surface area contributed by atoms with Crippen LogP contribution in [0, 0.1) is 0 Å². The van der Waals surface area contributed by atoms with E-state index >= 15 is 0 Å². The molecule has 0 saturated carbocycles. The molecule has 2 atom stereocenters. The van der Waals surface area contributed by atoms with Crippen LogP contribution in [-0.2, 0) is 4.74 Å². The van der Waals surface area contributed by atoms with Crippen LogP contribution in [-0.4, -0.2) is 24.4 Å². The van der Waals surface area contributed by atoms with Gasteiger partial charge in [-0.25, -0.2) is 0 Å². The van der Waals surface area contributed by atoms with Gasteiger partial charge in [-0.1, -0.05) is 12.1 Å². The zero-order valence-electron chi connectivity index (χ0n) is 8.14. The molecule has 1 aliphatic heterocycles. The zero-order chi connectivity index (χ0) is 9.97. The molecular formula is C11H14O3. The molecular weight excluding hydrogens is 180 g/mol. The lowest BCUT2D eigenvalue weighted by atomic mass is 10.1. The van der Waals surface area contributed by atoms with Gasteiger partial charge in [-0.3, -0.25) is 0 Å². The van der Waals surface area contributed by atoms with Gasteiger partial charge >= 0.3 is 0 Å². The van der Waals surface area contributed by atoms with Gasteiger partial charge in [-0.05, 0) is 24.6 Å². The number of aliphatic hydroxyl groups excluding tert-OH is 1. The first-order chi connectivity index (χ1) is 6.75. The summed E-state index contributed by atoms with van der Waals surface area (Å²) in [7, 11) is 0. The summed E-state index contributed by atoms with van der Waals surface area (Å²) in [6, 6.07) is 7.50. The molecule has 1 aliphatic rings. The van der Waals surface area contributed by atoms with Gasteiger partial charge in [0.1, 0.15) is 18.5 Å². The van der Waals surface area contributed by atoms with Gasteiger partial charge in [0.15, 0.2) is 0 Å². The molecule has 1 aromatic rings. The highest BCUT2D eigenvalue weighted by Gasteiger charge is 2.23. The molecule has 1 fully saturated rings. The molecule has 0 spiro atoms. The van der Waals surface area contributed by atoms with Crippen molar-refractivity contribution >= 4 is 0 Å². The van der Waals surface area contributed by atoms with Gasteiger partial charge in [-0.2, -0.15) is 0 Å². The van der Waals surface area contributed by atoms with E-state index in [1.54, 1.807) is 6.92 Å². The molecule has 0 bridgehead atoms. The highest BCUT2D eigenvalue weighted by molar-refractivity contribution is 5.29. The third kappa shape index (κ3) is 2.47. The Balaban J connectivity index is 1.97. The van der Waals surface area contributed by atoms with Crippen molar-refractivity contribution in [3.05, 3.63) is 29.8 Å². The zero-order valence-corrected chi connectivity index (χ0v) is 8.14. The van der Waals surface area contributed by atoms with Crippen molar-refractivity contribution < 1.29 is 14.6 Å². The quantitative estimate of drug-likeness (QED) is 0.739. The molecule has 0 radical (unpaired) electrons. The topological polar surface area (TPSA) is 42.0 Å². The summed E-state index contributed by atoms with van der Waals surface area (Å²) in [5.41, 5.74) is 0.874. The van der Waals surface area contributed by atoms with Crippen LogP contribution in [0.3, 0.4) is 0 Å². The first-order valence-electron chi connectivity index (χ1n) is 4.78. The smallest absolute Gasteiger partial charge is 0.119 e. The van der Waals surface area contributed by atoms with Crippen molar-refractivity contribution in [2.45, 2.75) is 19.1 Å². The van der Waals surface area contributed by atoms with Gasteiger partial charge in [0.05, 0.1) is 12.7 Å². The second kappa shape index (κ2) is 3.98. The second-order valence-corrected chi connectivity index (χ2v) is 3.51. The molecule has 1 N–H and O–H groups in total. The number of hydrogen-bond acceptors (Lipinski definition) is 3. The number of aliphatic hydroxyl groups is 1. The highest BCUT2D eigenvalue weighted by atomic mass is 16.6. The van der Waals surface area contributed by atoms with E-state index in [0.29, 0.717) is 6.61 Å². The molecule has 76 valence electrons. The maximum absolute atomic E-state index is 9.36. The summed E-state index contributed by atoms with van der Waals surface area (Å²) < 4.78 is 10.5. The molecule has 0 aliphatic carbocycles. The number of benzene rings is 1. The number of ether oxygens (including phenoxy) is 2. The van der Waals surface area contributed by atoms with E-state index in [2.05, 4.69) is 0 Å². The molecule has 0 unspecified atom stereocenters. The summed E-state index contributed by atoms with van der Waals surface area (Å²) in [5, 5.41) is 9.36. The lowest BCUT2D eigenvalue weighted by molar-refractivity contribution is 0.198. The molecule has 2 rings (SSSR count). The average Bonchev–Trinajstić information content (AvgIpc) is 2.99. The first kappa shape index (κ1) is 9.49. The van der Waals surface area contributed by atoms with Gasteiger partial charge in [0, 0.05) is 0 Å². The normalized spacial score (nSPS) is 21.7. The third-order valence-electron chi connectivity index (χ3n) is 2.18. The summed E-state index contributed by atoms with van der Waals surface area (Å²) in [5.74, 6) is 0.791. The SMILES string of the molecule is C[C@@H](O)c1cccc(OC[C@H]2CO2)c1. The van der Waals surface area contributed by atoms with Gasteiger partial charge in [0.2, 0.25) is 0 Å². The van der Waals surface area contributed by atoms with Crippen LogP contribution in [0.4, 0.5) is 0 Å². The van der Waals surface area contributed by atoms with Crippen LogP contribution >= 0.6 is 0 Å². The predicted molar refractivity (Wildman–Crippen MR) is 52.3 cm³/mol. The Morgan fingerprint density at radius 3 is 3.07 bits per heavy atom. The van der Waals surface area contributed by atoms with Gasteiger partial charge < -0.3 is 14.6 Å². The molecule has 1 aromatic carbocycles. The Morgan fingerprint density at radius 2 is 2.43 bits per heavy atom. The van der Waals surface area contributed by atoms with E-state index in [1.807, 2.05) is 24.3 Å². The lowest BCUT2D eigenvalue weighted by Gasteiger charge is -2.08.